The van der Waals surface area contributed by atoms with E-state index >= 15 is 0 Å². The van der Waals surface area contributed by atoms with E-state index in [4.69, 9.17) is 5.73 Å². The van der Waals surface area contributed by atoms with E-state index in [-0.39, 0.29) is 10.7 Å². The van der Waals surface area contributed by atoms with E-state index in [0.717, 1.165) is 37.3 Å². The Morgan fingerprint density at radius 2 is 1.89 bits per heavy atom. The van der Waals surface area contributed by atoms with Crippen molar-refractivity contribution in [2.45, 2.75) is 11.3 Å². The molecule has 0 saturated carbocycles. The van der Waals surface area contributed by atoms with Crippen LogP contribution < -0.4 is 10.6 Å². The van der Waals surface area contributed by atoms with Gasteiger partial charge in [-0.25, -0.2) is 8.42 Å². The van der Waals surface area contributed by atoms with Gasteiger partial charge in [0.2, 0.25) is 0 Å². The van der Waals surface area contributed by atoms with Crippen molar-refractivity contribution < 1.29 is 8.42 Å². The van der Waals surface area contributed by atoms with Gasteiger partial charge in [-0.2, -0.15) is 4.37 Å². The Balaban J connectivity index is 2.84. The Bertz CT molecular complexity index is 496. The minimum Gasteiger partial charge on any atom is -0.382 e. The first-order valence-electron chi connectivity index (χ1n) is 5.54. The SMILES string of the molecule is CN(C)CCCN(C)c1snc(N)c1S(C)(=O)=O. The number of hydrogen-bond donors (Lipinski definition) is 1. The van der Waals surface area contributed by atoms with Gasteiger partial charge in [0.1, 0.15) is 9.90 Å². The molecular formula is C10H20N4O2S2. The van der Waals surface area contributed by atoms with E-state index in [1.165, 1.54) is 0 Å². The van der Waals surface area contributed by atoms with Crippen LogP contribution in [0.15, 0.2) is 4.90 Å². The second-order valence-electron chi connectivity index (χ2n) is 4.55. The van der Waals surface area contributed by atoms with Gasteiger partial charge >= 0.3 is 0 Å². The standard InChI is InChI=1S/C10H20N4O2S2/c1-13(2)6-5-7-14(3)10-8(18(4,15)16)9(11)12-17-10/h5-7H2,1-4H3,(H2,11,12). The van der Waals surface area contributed by atoms with Crippen LogP contribution in [0.4, 0.5) is 10.8 Å². The van der Waals surface area contributed by atoms with E-state index in [2.05, 4.69) is 9.27 Å². The fraction of sp³-hybridized carbons (Fsp3) is 0.700. The maximum absolute atomic E-state index is 11.7. The summed E-state index contributed by atoms with van der Waals surface area (Å²) < 4.78 is 27.3. The molecule has 1 aromatic rings. The Morgan fingerprint density at radius 3 is 2.39 bits per heavy atom. The molecule has 0 aliphatic heterocycles. The van der Waals surface area contributed by atoms with Crippen LogP contribution in [0.3, 0.4) is 0 Å². The molecule has 8 heteroatoms. The lowest BCUT2D eigenvalue weighted by atomic mass is 10.4. The van der Waals surface area contributed by atoms with E-state index in [9.17, 15) is 8.42 Å². The summed E-state index contributed by atoms with van der Waals surface area (Å²) in [5, 5.41) is 0.619. The van der Waals surface area contributed by atoms with E-state index < -0.39 is 9.84 Å². The van der Waals surface area contributed by atoms with Gasteiger partial charge in [0.25, 0.3) is 0 Å². The molecule has 0 unspecified atom stereocenters. The number of hydrogen-bond acceptors (Lipinski definition) is 7. The molecule has 0 saturated heterocycles. The fourth-order valence-corrected chi connectivity index (χ4v) is 3.82. The van der Waals surface area contributed by atoms with Gasteiger partial charge in [0.15, 0.2) is 15.7 Å². The van der Waals surface area contributed by atoms with Crippen LogP contribution in [0.5, 0.6) is 0 Å². The molecule has 1 heterocycles. The normalized spacial score (nSPS) is 12.1. The number of anilines is 2. The maximum atomic E-state index is 11.7. The van der Waals surface area contributed by atoms with Crippen LogP contribution >= 0.6 is 11.5 Å². The Hall–Kier alpha value is -0.860. The molecule has 0 aliphatic rings. The molecule has 2 N–H and O–H groups in total. The maximum Gasteiger partial charge on any atom is 0.182 e. The lowest BCUT2D eigenvalue weighted by Crippen LogP contribution is -2.23. The van der Waals surface area contributed by atoms with Crippen molar-refractivity contribution in [1.82, 2.24) is 9.27 Å². The fourth-order valence-electron chi connectivity index (χ4n) is 1.60. The predicted molar refractivity (Wildman–Crippen MR) is 76.1 cm³/mol. The molecule has 0 aromatic carbocycles. The minimum atomic E-state index is -3.34. The Labute approximate surface area is 112 Å². The molecule has 0 spiro atoms. The molecule has 6 nitrogen and oxygen atoms in total. The zero-order chi connectivity index (χ0) is 13.9. The van der Waals surface area contributed by atoms with Crippen molar-refractivity contribution in [1.29, 1.82) is 0 Å². The summed E-state index contributed by atoms with van der Waals surface area (Å²) in [6.45, 7) is 1.72. The molecule has 0 atom stereocenters. The molecule has 1 aromatic heterocycles. The topological polar surface area (TPSA) is 79.5 Å². The third-order valence-corrected chi connectivity index (χ3v) is 4.72. The number of rotatable bonds is 6. The highest BCUT2D eigenvalue weighted by molar-refractivity contribution is 7.91. The van der Waals surface area contributed by atoms with Gasteiger partial charge in [-0.3, -0.25) is 0 Å². The molecule has 1 rings (SSSR count). The van der Waals surface area contributed by atoms with Crippen molar-refractivity contribution >= 4 is 32.2 Å². The smallest absolute Gasteiger partial charge is 0.182 e. The average molecular weight is 292 g/mol. The molecular weight excluding hydrogens is 272 g/mol. The summed E-state index contributed by atoms with van der Waals surface area (Å²) in [6.07, 6.45) is 2.11. The van der Waals surface area contributed by atoms with Crippen LogP contribution in [-0.4, -0.2) is 58.2 Å². The van der Waals surface area contributed by atoms with E-state index in [1.807, 2.05) is 26.0 Å². The van der Waals surface area contributed by atoms with Crippen LogP contribution in [0.1, 0.15) is 6.42 Å². The second-order valence-corrected chi connectivity index (χ2v) is 7.26. The zero-order valence-corrected chi connectivity index (χ0v) is 12.8. The highest BCUT2D eigenvalue weighted by atomic mass is 32.2. The van der Waals surface area contributed by atoms with Gasteiger partial charge in [0.05, 0.1) is 0 Å². The molecule has 0 amide bonds. The third kappa shape index (κ3) is 3.82. The lowest BCUT2D eigenvalue weighted by Gasteiger charge is -2.19. The van der Waals surface area contributed by atoms with Crippen LogP contribution in [-0.2, 0) is 9.84 Å². The van der Waals surface area contributed by atoms with Gasteiger partial charge < -0.3 is 15.5 Å². The molecule has 0 aliphatic carbocycles. The number of aromatic nitrogens is 1. The number of sulfone groups is 1. The summed E-state index contributed by atoms with van der Waals surface area (Å²) in [5.41, 5.74) is 5.63. The van der Waals surface area contributed by atoms with E-state index in [0.29, 0.717) is 5.00 Å². The summed E-state index contributed by atoms with van der Waals surface area (Å²) >= 11 is 1.13. The molecule has 18 heavy (non-hydrogen) atoms. The molecule has 104 valence electrons. The Morgan fingerprint density at radius 1 is 1.28 bits per heavy atom. The monoisotopic (exact) mass is 292 g/mol. The van der Waals surface area contributed by atoms with Crippen LogP contribution in [0, 0.1) is 0 Å². The highest BCUT2D eigenvalue weighted by Gasteiger charge is 2.23. The summed E-state index contributed by atoms with van der Waals surface area (Å²) in [4.78, 5) is 4.14. The first-order chi connectivity index (χ1) is 8.23. The number of nitrogen functional groups attached to an aromatic ring is 1. The summed E-state index contributed by atoms with van der Waals surface area (Å²) in [5.74, 6) is 0.0944. The quantitative estimate of drug-likeness (QED) is 0.823. The average Bonchev–Trinajstić information content (AvgIpc) is 2.58. The van der Waals surface area contributed by atoms with Crippen LogP contribution in [0.25, 0.3) is 0 Å². The van der Waals surface area contributed by atoms with Crippen molar-refractivity contribution in [3.8, 4) is 0 Å². The van der Waals surface area contributed by atoms with Gasteiger partial charge in [-0.05, 0) is 38.6 Å². The highest BCUT2D eigenvalue weighted by Crippen LogP contribution is 2.33. The number of nitrogens with two attached hydrogens (primary N) is 1. The van der Waals surface area contributed by atoms with E-state index in [1.54, 1.807) is 0 Å². The van der Waals surface area contributed by atoms with Crippen molar-refractivity contribution in [2.24, 2.45) is 0 Å². The van der Waals surface area contributed by atoms with Crippen molar-refractivity contribution in [2.75, 3.05) is 51.1 Å². The first-order valence-corrected chi connectivity index (χ1v) is 8.21. The number of nitrogens with zero attached hydrogens (tertiary/aromatic N) is 3. The Kier molecular flexibility index (Phi) is 4.94. The first kappa shape index (κ1) is 15.2. The third-order valence-electron chi connectivity index (χ3n) is 2.47. The summed E-state index contributed by atoms with van der Waals surface area (Å²) in [6, 6.07) is 0. The van der Waals surface area contributed by atoms with Crippen molar-refractivity contribution in [3.63, 3.8) is 0 Å². The van der Waals surface area contributed by atoms with Gasteiger partial charge in [-0.1, -0.05) is 0 Å². The minimum absolute atomic E-state index is 0.0944. The molecule has 0 radical (unpaired) electrons. The van der Waals surface area contributed by atoms with Crippen molar-refractivity contribution in [3.05, 3.63) is 0 Å². The van der Waals surface area contributed by atoms with Crippen LogP contribution in [0.2, 0.25) is 0 Å². The predicted octanol–water partition coefficient (Wildman–Crippen LogP) is 0.517. The lowest BCUT2D eigenvalue weighted by molar-refractivity contribution is 0.402. The van der Waals surface area contributed by atoms with Gasteiger partial charge in [-0.15, -0.1) is 0 Å². The molecule has 0 bridgehead atoms. The van der Waals surface area contributed by atoms with Gasteiger partial charge in [0, 0.05) is 19.8 Å². The largest absolute Gasteiger partial charge is 0.382 e. The zero-order valence-electron chi connectivity index (χ0n) is 11.2. The molecule has 0 fully saturated rings. The summed E-state index contributed by atoms with van der Waals surface area (Å²) in [7, 11) is 2.54. The second kappa shape index (κ2) is 5.85.